The summed E-state index contributed by atoms with van der Waals surface area (Å²) in [6.07, 6.45) is 2.28. The average molecular weight is 290 g/mol. The van der Waals surface area contributed by atoms with Crippen LogP contribution in [-0.4, -0.2) is 22.3 Å². The third-order valence-electron chi connectivity index (χ3n) is 4.71. The minimum Gasteiger partial charge on any atom is -0.467 e. The maximum Gasteiger partial charge on any atom is 0.186 e. The van der Waals surface area contributed by atoms with Gasteiger partial charge in [-0.15, -0.1) is 0 Å². The van der Waals surface area contributed by atoms with Gasteiger partial charge in [0.2, 0.25) is 0 Å². The standard InChI is InChI=1S/C16H22N2OS/c1-4-5-10-18-15(20)17-14-11(2)16(18,3)19-13-9-7-6-8-12(13)14/h6-9,11,14H,4-5,10H2,1-3H3,(H,17,20). The van der Waals surface area contributed by atoms with Crippen LogP contribution in [0.25, 0.3) is 0 Å². The van der Waals surface area contributed by atoms with E-state index in [4.69, 9.17) is 17.0 Å². The zero-order valence-corrected chi connectivity index (χ0v) is 13.2. The van der Waals surface area contributed by atoms with E-state index in [0.717, 1.165) is 30.2 Å². The van der Waals surface area contributed by atoms with Gasteiger partial charge in [0, 0.05) is 18.0 Å². The van der Waals surface area contributed by atoms with E-state index in [2.05, 4.69) is 49.2 Å². The highest BCUT2D eigenvalue weighted by Crippen LogP contribution is 2.47. The lowest BCUT2D eigenvalue weighted by molar-refractivity contribution is -0.110. The van der Waals surface area contributed by atoms with Crippen LogP contribution in [0.3, 0.4) is 0 Å². The van der Waals surface area contributed by atoms with Gasteiger partial charge < -0.3 is 15.0 Å². The van der Waals surface area contributed by atoms with Crippen molar-refractivity contribution in [3.63, 3.8) is 0 Å². The maximum atomic E-state index is 6.38. The fourth-order valence-electron chi connectivity index (χ4n) is 3.28. The molecule has 1 aromatic carbocycles. The normalized spacial score (nSPS) is 31.4. The zero-order valence-electron chi connectivity index (χ0n) is 12.3. The monoisotopic (exact) mass is 290 g/mol. The van der Waals surface area contributed by atoms with Gasteiger partial charge in [-0.3, -0.25) is 0 Å². The highest BCUT2D eigenvalue weighted by atomic mass is 32.1. The van der Waals surface area contributed by atoms with Gasteiger partial charge in [-0.25, -0.2) is 0 Å². The van der Waals surface area contributed by atoms with Crippen molar-refractivity contribution in [1.82, 2.24) is 10.2 Å². The first-order valence-electron chi connectivity index (χ1n) is 7.44. The van der Waals surface area contributed by atoms with Crippen molar-refractivity contribution in [3.05, 3.63) is 29.8 Å². The Kier molecular flexibility index (Phi) is 3.36. The Bertz CT molecular complexity index is 533. The number of nitrogens with one attached hydrogen (secondary N) is 1. The molecule has 0 aliphatic carbocycles. The molecule has 0 spiro atoms. The Morgan fingerprint density at radius 3 is 2.90 bits per heavy atom. The maximum absolute atomic E-state index is 6.38. The molecule has 2 aliphatic rings. The van der Waals surface area contributed by atoms with Crippen LogP contribution in [0.2, 0.25) is 0 Å². The highest BCUT2D eigenvalue weighted by Gasteiger charge is 2.52. The van der Waals surface area contributed by atoms with Gasteiger partial charge in [-0.2, -0.15) is 0 Å². The predicted molar refractivity (Wildman–Crippen MR) is 84.7 cm³/mol. The summed E-state index contributed by atoms with van der Waals surface area (Å²) in [5, 5.41) is 4.33. The summed E-state index contributed by atoms with van der Waals surface area (Å²) in [4.78, 5) is 2.23. The number of ether oxygens (including phenoxy) is 1. The van der Waals surface area contributed by atoms with Gasteiger partial charge in [0.05, 0.1) is 6.04 Å². The lowest BCUT2D eigenvalue weighted by Crippen LogP contribution is -2.68. The summed E-state index contributed by atoms with van der Waals surface area (Å²) < 4.78 is 6.38. The second kappa shape index (κ2) is 4.92. The van der Waals surface area contributed by atoms with Gasteiger partial charge in [0.25, 0.3) is 0 Å². The van der Waals surface area contributed by atoms with Crippen molar-refractivity contribution in [1.29, 1.82) is 0 Å². The summed E-state index contributed by atoms with van der Waals surface area (Å²) in [5.74, 6) is 1.33. The molecule has 3 atom stereocenters. The average Bonchev–Trinajstić information content (AvgIpc) is 2.42. The number of benzene rings is 1. The third-order valence-corrected chi connectivity index (χ3v) is 5.05. The predicted octanol–water partition coefficient (Wildman–Crippen LogP) is 3.46. The van der Waals surface area contributed by atoms with Gasteiger partial charge in [-0.1, -0.05) is 38.5 Å². The lowest BCUT2D eigenvalue weighted by atomic mass is 9.81. The first-order valence-corrected chi connectivity index (χ1v) is 7.85. The largest absolute Gasteiger partial charge is 0.467 e. The van der Waals surface area contributed by atoms with Gasteiger partial charge in [-0.05, 0) is 31.6 Å². The van der Waals surface area contributed by atoms with Gasteiger partial charge >= 0.3 is 0 Å². The van der Waals surface area contributed by atoms with Crippen molar-refractivity contribution in [2.45, 2.75) is 45.4 Å². The molecule has 20 heavy (non-hydrogen) atoms. The smallest absolute Gasteiger partial charge is 0.186 e. The minimum absolute atomic E-state index is 0.246. The molecule has 2 aliphatic heterocycles. The molecule has 4 heteroatoms. The summed E-state index contributed by atoms with van der Waals surface area (Å²) in [5.41, 5.74) is 0.867. The Morgan fingerprint density at radius 1 is 1.40 bits per heavy atom. The second-order valence-corrected chi connectivity index (χ2v) is 6.30. The van der Waals surface area contributed by atoms with Gasteiger partial charge in [0.15, 0.2) is 10.8 Å². The van der Waals surface area contributed by atoms with E-state index in [1.165, 1.54) is 5.56 Å². The second-order valence-electron chi connectivity index (χ2n) is 5.92. The molecule has 2 bridgehead atoms. The van der Waals surface area contributed by atoms with E-state index < -0.39 is 0 Å². The molecule has 3 rings (SSSR count). The van der Waals surface area contributed by atoms with Crippen molar-refractivity contribution in [2.24, 2.45) is 5.92 Å². The molecule has 108 valence electrons. The molecule has 3 nitrogen and oxygen atoms in total. The molecule has 1 fully saturated rings. The van der Waals surface area contributed by atoms with E-state index in [0.29, 0.717) is 5.92 Å². The molecule has 0 saturated carbocycles. The van der Waals surface area contributed by atoms with Crippen LogP contribution in [0, 0.1) is 5.92 Å². The first kappa shape index (κ1) is 13.7. The molecule has 2 heterocycles. The van der Waals surface area contributed by atoms with Crippen molar-refractivity contribution in [2.75, 3.05) is 6.54 Å². The molecule has 0 amide bonds. The van der Waals surface area contributed by atoms with Crippen LogP contribution >= 0.6 is 12.2 Å². The molecule has 3 unspecified atom stereocenters. The van der Waals surface area contributed by atoms with E-state index in [1.807, 2.05) is 6.07 Å². The molecule has 0 radical (unpaired) electrons. The quantitative estimate of drug-likeness (QED) is 0.862. The Labute approximate surface area is 126 Å². The molecule has 0 aromatic heterocycles. The van der Waals surface area contributed by atoms with E-state index in [9.17, 15) is 0 Å². The molecule has 1 aromatic rings. The number of para-hydroxylation sites is 1. The van der Waals surface area contributed by atoms with Crippen LogP contribution in [0.1, 0.15) is 45.2 Å². The van der Waals surface area contributed by atoms with E-state index in [-0.39, 0.29) is 11.8 Å². The summed E-state index contributed by atoms with van der Waals surface area (Å²) in [6, 6.07) is 8.53. The van der Waals surface area contributed by atoms with Crippen LogP contribution < -0.4 is 10.1 Å². The number of fused-ring (bicyclic) bond motifs is 4. The summed E-state index contributed by atoms with van der Waals surface area (Å²) in [7, 11) is 0. The molecule has 1 N–H and O–H groups in total. The fourth-order valence-corrected chi connectivity index (χ4v) is 3.68. The topological polar surface area (TPSA) is 24.5 Å². The van der Waals surface area contributed by atoms with E-state index >= 15 is 0 Å². The zero-order chi connectivity index (χ0) is 14.3. The van der Waals surface area contributed by atoms with Crippen LogP contribution in [0.15, 0.2) is 24.3 Å². The highest BCUT2D eigenvalue weighted by molar-refractivity contribution is 7.80. The Balaban J connectivity index is 2.01. The Morgan fingerprint density at radius 2 is 2.15 bits per heavy atom. The number of nitrogens with zero attached hydrogens (tertiary/aromatic N) is 1. The molecular formula is C16H22N2OS. The number of hydrogen-bond donors (Lipinski definition) is 1. The van der Waals surface area contributed by atoms with Crippen LogP contribution in [0.5, 0.6) is 5.75 Å². The number of unbranched alkanes of at least 4 members (excludes halogenated alkanes) is 1. The van der Waals surface area contributed by atoms with Crippen LogP contribution in [0.4, 0.5) is 0 Å². The number of thiocarbonyl (C=S) groups is 1. The molecular weight excluding hydrogens is 268 g/mol. The molecule has 1 saturated heterocycles. The number of hydrogen-bond acceptors (Lipinski definition) is 2. The van der Waals surface area contributed by atoms with Crippen molar-refractivity contribution >= 4 is 17.3 Å². The number of rotatable bonds is 3. The van der Waals surface area contributed by atoms with Crippen LogP contribution in [-0.2, 0) is 0 Å². The Hall–Kier alpha value is -1.29. The third kappa shape index (κ3) is 1.89. The fraction of sp³-hybridized carbons (Fsp3) is 0.562. The lowest BCUT2D eigenvalue weighted by Gasteiger charge is -2.56. The summed E-state index contributed by atoms with van der Waals surface area (Å²) >= 11 is 5.58. The SMILES string of the molecule is CCCCN1C(=S)NC2c3ccccc3OC1(C)C2C. The van der Waals surface area contributed by atoms with Crippen molar-refractivity contribution < 1.29 is 4.74 Å². The summed E-state index contributed by atoms with van der Waals surface area (Å²) in [6.45, 7) is 7.56. The van der Waals surface area contributed by atoms with E-state index in [1.54, 1.807) is 0 Å². The van der Waals surface area contributed by atoms with Gasteiger partial charge in [0.1, 0.15) is 5.75 Å². The minimum atomic E-state index is -0.351. The van der Waals surface area contributed by atoms with Crippen molar-refractivity contribution in [3.8, 4) is 5.75 Å². The first-order chi connectivity index (χ1) is 9.58.